The van der Waals surface area contributed by atoms with Crippen LogP contribution >= 0.6 is 0 Å². The van der Waals surface area contributed by atoms with Crippen LogP contribution in [-0.4, -0.2) is 54.7 Å². The number of carbonyl (C=O) groups is 2. The van der Waals surface area contributed by atoms with Gasteiger partial charge in [-0.1, -0.05) is 6.92 Å². The maximum atomic E-state index is 11.1. The Morgan fingerprint density at radius 3 is 2.53 bits per heavy atom. The number of amides is 2. The van der Waals surface area contributed by atoms with E-state index < -0.39 is 18.0 Å². The molecule has 0 spiro atoms. The Morgan fingerprint density at radius 2 is 2.07 bits per heavy atom. The van der Waals surface area contributed by atoms with Crippen molar-refractivity contribution < 1.29 is 14.7 Å². The maximum absolute atomic E-state index is 11.1. The van der Waals surface area contributed by atoms with Crippen LogP contribution in [0.4, 0.5) is 4.79 Å². The third-order valence-corrected chi connectivity index (χ3v) is 2.04. The number of aliphatic carboxylic acids is 1. The Morgan fingerprint density at radius 1 is 1.47 bits per heavy atom. The number of carboxylic acids is 1. The zero-order valence-electron chi connectivity index (χ0n) is 9.41. The van der Waals surface area contributed by atoms with Gasteiger partial charge in [0, 0.05) is 13.1 Å². The van der Waals surface area contributed by atoms with E-state index in [1.807, 2.05) is 18.9 Å². The van der Waals surface area contributed by atoms with E-state index >= 15 is 0 Å². The normalized spacial score (nSPS) is 12.3. The SMILES string of the molecule is CCN(C)CCNC(=O)N[C@H](C)C(=O)O. The average molecular weight is 217 g/mol. The van der Waals surface area contributed by atoms with Crippen LogP contribution in [0.2, 0.25) is 0 Å². The molecule has 0 aliphatic rings. The second kappa shape index (κ2) is 7.05. The van der Waals surface area contributed by atoms with Gasteiger partial charge < -0.3 is 20.6 Å². The van der Waals surface area contributed by atoms with Gasteiger partial charge in [0.15, 0.2) is 0 Å². The van der Waals surface area contributed by atoms with E-state index in [9.17, 15) is 9.59 Å². The van der Waals surface area contributed by atoms with Gasteiger partial charge >= 0.3 is 12.0 Å². The topological polar surface area (TPSA) is 81.7 Å². The molecule has 1 atom stereocenters. The molecular formula is C9H19N3O3. The Kier molecular flexibility index (Phi) is 6.44. The number of hydrogen-bond donors (Lipinski definition) is 3. The molecule has 2 amide bonds. The van der Waals surface area contributed by atoms with E-state index in [0.717, 1.165) is 13.1 Å². The zero-order chi connectivity index (χ0) is 11.8. The molecule has 0 fully saturated rings. The van der Waals surface area contributed by atoms with Gasteiger partial charge in [-0.15, -0.1) is 0 Å². The number of nitrogens with one attached hydrogen (secondary N) is 2. The first-order valence-corrected chi connectivity index (χ1v) is 4.93. The summed E-state index contributed by atoms with van der Waals surface area (Å²) in [6.07, 6.45) is 0. The molecule has 0 heterocycles. The van der Waals surface area contributed by atoms with Crippen LogP contribution in [0.5, 0.6) is 0 Å². The summed E-state index contributed by atoms with van der Waals surface area (Å²) in [7, 11) is 1.94. The number of carbonyl (C=O) groups excluding carboxylic acids is 1. The van der Waals surface area contributed by atoms with Crippen molar-refractivity contribution in [3.63, 3.8) is 0 Å². The highest BCUT2D eigenvalue weighted by Gasteiger charge is 2.12. The predicted molar refractivity (Wildman–Crippen MR) is 56.8 cm³/mol. The number of carboxylic acid groups (broad SMARTS) is 1. The Balaban J connectivity index is 3.62. The van der Waals surface area contributed by atoms with Gasteiger partial charge in [-0.2, -0.15) is 0 Å². The smallest absolute Gasteiger partial charge is 0.325 e. The van der Waals surface area contributed by atoms with E-state index in [2.05, 4.69) is 10.6 Å². The van der Waals surface area contributed by atoms with Crippen LogP contribution in [-0.2, 0) is 4.79 Å². The predicted octanol–water partition coefficient (Wildman–Crippen LogP) is -0.290. The van der Waals surface area contributed by atoms with Gasteiger partial charge in [0.1, 0.15) is 6.04 Å². The fourth-order valence-corrected chi connectivity index (χ4v) is 0.828. The Bertz CT molecular complexity index is 221. The summed E-state index contributed by atoms with van der Waals surface area (Å²) in [5, 5.41) is 13.4. The quantitative estimate of drug-likeness (QED) is 0.571. The fraction of sp³-hybridized carbons (Fsp3) is 0.778. The zero-order valence-corrected chi connectivity index (χ0v) is 9.41. The minimum Gasteiger partial charge on any atom is -0.480 e. The van der Waals surface area contributed by atoms with E-state index in [1.165, 1.54) is 6.92 Å². The molecule has 0 aromatic heterocycles. The molecule has 6 nitrogen and oxygen atoms in total. The number of rotatable bonds is 6. The lowest BCUT2D eigenvalue weighted by Gasteiger charge is -2.15. The number of hydrogen-bond acceptors (Lipinski definition) is 3. The monoisotopic (exact) mass is 217 g/mol. The summed E-state index contributed by atoms with van der Waals surface area (Å²) in [5.74, 6) is -1.05. The maximum Gasteiger partial charge on any atom is 0.325 e. The second-order valence-electron chi connectivity index (χ2n) is 3.36. The molecule has 0 bridgehead atoms. The first kappa shape index (κ1) is 13.7. The number of likely N-dealkylation sites (N-methyl/N-ethyl adjacent to an activating group) is 1. The van der Waals surface area contributed by atoms with Crippen molar-refractivity contribution in [2.24, 2.45) is 0 Å². The molecule has 15 heavy (non-hydrogen) atoms. The van der Waals surface area contributed by atoms with E-state index in [4.69, 9.17) is 5.11 Å². The Hall–Kier alpha value is -1.30. The molecule has 0 radical (unpaired) electrons. The van der Waals surface area contributed by atoms with Gasteiger partial charge in [0.25, 0.3) is 0 Å². The lowest BCUT2D eigenvalue weighted by Crippen LogP contribution is -2.46. The summed E-state index contributed by atoms with van der Waals surface area (Å²) >= 11 is 0. The molecule has 3 N–H and O–H groups in total. The summed E-state index contributed by atoms with van der Waals surface area (Å²) in [6, 6.07) is -1.32. The van der Waals surface area contributed by atoms with E-state index in [0.29, 0.717) is 6.54 Å². The molecule has 0 unspecified atom stereocenters. The average Bonchev–Trinajstić information content (AvgIpc) is 2.17. The minimum atomic E-state index is -1.05. The summed E-state index contributed by atoms with van der Waals surface area (Å²) in [5.41, 5.74) is 0. The molecule has 88 valence electrons. The van der Waals surface area contributed by atoms with Crippen molar-refractivity contribution in [2.45, 2.75) is 19.9 Å². The van der Waals surface area contributed by atoms with Crippen LogP contribution in [0.15, 0.2) is 0 Å². The van der Waals surface area contributed by atoms with Gasteiger partial charge in [0.2, 0.25) is 0 Å². The van der Waals surface area contributed by atoms with Crippen LogP contribution in [0.25, 0.3) is 0 Å². The largest absolute Gasteiger partial charge is 0.480 e. The highest BCUT2D eigenvalue weighted by atomic mass is 16.4. The van der Waals surface area contributed by atoms with Gasteiger partial charge in [-0.05, 0) is 20.5 Å². The highest BCUT2D eigenvalue weighted by Crippen LogP contribution is 1.81. The lowest BCUT2D eigenvalue weighted by atomic mass is 10.3. The minimum absolute atomic E-state index is 0.450. The van der Waals surface area contributed by atoms with Gasteiger partial charge in [-0.3, -0.25) is 4.79 Å². The van der Waals surface area contributed by atoms with Crippen molar-refractivity contribution >= 4 is 12.0 Å². The molecule has 0 aliphatic heterocycles. The van der Waals surface area contributed by atoms with Crippen LogP contribution in [0.1, 0.15) is 13.8 Å². The molecule has 0 rings (SSSR count). The highest BCUT2D eigenvalue weighted by molar-refractivity contribution is 5.82. The molecule has 6 heteroatoms. The Labute approximate surface area is 89.6 Å². The van der Waals surface area contributed by atoms with Crippen LogP contribution in [0.3, 0.4) is 0 Å². The molecule has 0 aromatic rings. The number of urea groups is 1. The number of nitrogens with zero attached hydrogens (tertiary/aromatic N) is 1. The second-order valence-corrected chi connectivity index (χ2v) is 3.36. The van der Waals surface area contributed by atoms with Crippen molar-refractivity contribution in [1.29, 1.82) is 0 Å². The van der Waals surface area contributed by atoms with E-state index in [-0.39, 0.29) is 0 Å². The molecule has 0 aromatic carbocycles. The fourth-order valence-electron chi connectivity index (χ4n) is 0.828. The van der Waals surface area contributed by atoms with Crippen LogP contribution < -0.4 is 10.6 Å². The summed E-state index contributed by atoms with van der Waals surface area (Å²) < 4.78 is 0. The van der Waals surface area contributed by atoms with Crippen molar-refractivity contribution in [1.82, 2.24) is 15.5 Å². The van der Waals surface area contributed by atoms with Crippen molar-refractivity contribution in [3.05, 3.63) is 0 Å². The van der Waals surface area contributed by atoms with Crippen LogP contribution in [0, 0.1) is 0 Å². The van der Waals surface area contributed by atoms with Crippen molar-refractivity contribution in [3.8, 4) is 0 Å². The summed E-state index contributed by atoms with van der Waals surface area (Å²) in [6.45, 7) is 5.59. The standard InChI is InChI=1S/C9H19N3O3/c1-4-12(3)6-5-10-9(15)11-7(2)8(13)14/h7H,4-6H2,1-3H3,(H,13,14)(H2,10,11,15)/t7-/m1/s1. The third-order valence-electron chi connectivity index (χ3n) is 2.04. The molecule has 0 saturated carbocycles. The first-order valence-electron chi connectivity index (χ1n) is 4.93. The third kappa shape index (κ3) is 6.73. The van der Waals surface area contributed by atoms with Crippen molar-refractivity contribution in [2.75, 3.05) is 26.7 Å². The lowest BCUT2D eigenvalue weighted by molar-refractivity contribution is -0.138. The molecular weight excluding hydrogens is 198 g/mol. The molecule has 0 saturated heterocycles. The summed E-state index contributed by atoms with van der Waals surface area (Å²) in [4.78, 5) is 23.6. The van der Waals surface area contributed by atoms with Gasteiger partial charge in [0.05, 0.1) is 0 Å². The van der Waals surface area contributed by atoms with Gasteiger partial charge in [-0.25, -0.2) is 4.79 Å². The first-order chi connectivity index (χ1) is 6.97. The molecule has 0 aliphatic carbocycles. The van der Waals surface area contributed by atoms with E-state index in [1.54, 1.807) is 0 Å².